The maximum absolute atomic E-state index is 11.1. The Morgan fingerprint density at radius 3 is 2.40 bits per heavy atom. The second kappa shape index (κ2) is 5.10. The number of alkyl halides is 1. The van der Waals surface area contributed by atoms with Crippen LogP contribution in [0.5, 0.6) is 0 Å². The molecule has 1 aromatic carbocycles. The van der Waals surface area contributed by atoms with Gasteiger partial charge in [-0.3, -0.25) is 9.59 Å². The van der Waals surface area contributed by atoms with E-state index in [1.807, 2.05) is 0 Å². The molecular formula is C10H7BrCl2O2. The molecule has 0 fully saturated rings. The van der Waals surface area contributed by atoms with Gasteiger partial charge in [0.15, 0.2) is 5.78 Å². The minimum atomic E-state index is -0.709. The van der Waals surface area contributed by atoms with Gasteiger partial charge in [0, 0.05) is 10.0 Å². The molecular weight excluding hydrogens is 303 g/mol. The zero-order valence-electron chi connectivity index (χ0n) is 7.76. The lowest BCUT2D eigenvalue weighted by molar-refractivity contribution is -0.116. The first-order valence-electron chi connectivity index (χ1n) is 4.07. The van der Waals surface area contributed by atoms with Crippen LogP contribution in [0.4, 0.5) is 0 Å². The SMILES string of the molecule is CC(=O)C(Cl)c1ccc(C(=O)Cl)cc1Br. The van der Waals surface area contributed by atoms with Crippen LogP contribution in [0.1, 0.15) is 28.2 Å². The van der Waals surface area contributed by atoms with Crippen LogP contribution in [0.25, 0.3) is 0 Å². The summed E-state index contributed by atoms with van der Waals surface area (Å²) in [4.78, 5) is 21.9. The Labute approximate surface area is 106 Å². The van der Waals surface area contributed by atoms with Crippen molar-refractivity contribution in [1.29, 1.82) is 0 Å². The van der Waals surface area contributed by atoms with Gasteiger partial charge in [-0.05, 0) is 36.2 Å². The first kappa shape index (κ1) is 12.7. The number of carbonyl (C=O) groups is 2. The molecule has 0 spiro atoms. The van der Waals surface area contributed by atoms with Gasteiger partial charge in [0.1, 0.15) is 5.38 Å². The summed E-state index contributed by atoms with van der Waals surface area (Å²) in [7, 11) is 0. The summed E-state index contributed by atoms with van der Waals surface area (Å²) in [5.74, 6) is -0.151. The van der Waals surface area contributed by atoms with E-state index in [9.17, 15) is 9.59 Å². The monoisotopic (exact) mass is 308 g/mol. The number of ketones is 1. The zero-order chi connectivity index (χ0) is 11.6. The molecule has 1 aromatic rings. The number of Topliss-reactive ketones (excluding diaryl/α,β-unsaturated/α-hetero) is 1. The maximum Gasteiger partial charge on any atom is 0.252 e. The average Bonchev–Trinajstić information content (AvgIpc) is 2.16. The van der Waals surface area contributed by atoms with E-state index in [4.69, 9.17) is 23.2 Å². The fourth-order valence-corrected chi connectivity index (χ4v) is 2.12. The lowest BCUT2D eigenvalue weighted by Crippen LogP contribution is -2.03. The van der Waals surface area contributed by atoms with Gasteiger partial charge in [0.05, 0.1) is 0 Å². The predicted octanol–water partition coefficient (Wildman–Crippen LogP) is 3.70. The average molecular weight is 310 g/mol. The Kier molecular flexibility index (Phi) is 4.32. The summed E-state index contributed by atoms with van der Waals surface area (Å²) in [6.45, 7) is 1.41. The molecule has 0 radical (unpaired) electrons. The molecule has 0 amide bonds. The minimum Gasteiger partial charge on any atom is -0.298 e. The zero-order valence-corrected chi connectivity index (χ0v) is 10.9. The second-order valence-electron chi connectivity index (χ2n) is 2.98. The number of hydrogen-bond acceptors (Lipinski definition) is 2. The van der Waals surface area contributed by atoms with Crippen molar-refractivity contribution in [2.75, 3.05) is 0 Å². The van der Waals surface area contributed by atoms with Crippen LogP contribution in [0.15, 0.2) is 22.7 Å². The summed E-state index contributed by atoms with van der Waals surface area (Å²) in [6.07, 6.45) is 0. The summed E-state index contributed by atoms with van der Waals surface area (Å²) in [6, 6.07) is 4.69. The topological polar surface area (TPSA) is 34.1 Å². The van der Waals surface area contributed by atoms with Crippen LogP contribution in [-0.2, 0) is 4.79 Å². The van der Waals surface area contributed by atoms with E-state index in [0.717, 1.165) is 0 Å². The van der Waals surface area contributed by atoms with Gasteiger partial charge >= 0.3 is 0 Å². The molecule has 0 aromatic heterocycles. The van der Waals surface area contributed by atoms with Gasteiger partial charge in [-0.2, -0.15) is 0 Å². The van der Waals surface area contributed by atoms with Crippen LogP contribution in [-0.4, -0.2) is 11.0 Å². The molecule has 1 atom stereocenters. The molecule has 0 saturated heterocycles. The Morgan fingerprint density at radius 2 is 2.00 bits per heavy atom. The summed E-state index contributed by atoms with van der Waals surface area (Å²) < 4.78 is 0.601. The van der Waals surface area contributed by atoms with E-state index in [-0.39, 0.29) is 5.78 Å². The van der Waals surface area contributed by atoms with Crippen molar-refractivity contribution in [3.05, 3.63) is 33.8 Å². The van der Waals surface area contributed by atoms with E-state index < -0.39 is 10.6 Å². The number of halogens is 3. The van der Waals surface area contributed by atoms with Crippen molar-refractivity contribution in [2.45, 2.75) is 12.3 Å². The predicted molar refractivity (Wildman–Crippen MR) is 63.6 cm³/mol. The molecule has 80 valence electrons. The number of hydrogen-bond donors (Lipinski definition) is 0. The Morgan fingerprint density at radius 1 is 1.40 bits per heavy atom. The fraction of sp³-hybridized carbons (Fsp3) is 0.200. The highest BCUT2D eigenvalue weighted by atomic mass is 79.9. The Hall–Kier alpha value is -0.380. The normalized spacial score (nSPS) is 12.3. The number of benzene rings is 1. The number of rotatable bonds is 3. The highest BCUT2D eigenvalue weighted by Crippen LogP contribution is 2.29. The molecule has 0 aliphatic heterocycles. The molecule has 2 nitrogen and oxygen atoms in total. The van der Waals surface area contributed by atoms with E-state index in [0.29, 0.717) is 15.6 Å². The van der Waals surface area contributed by atoms with Crippen molar-refractivity contribution in [1.82, 2.24) is 0 Å². The highest BCUT2D eigenvalue weighted by Gasteiger charge is 2.17. The molecule has 1 unspecified atom stereocenters. The summed E-state index contributed by atoms with van der Waals surface area (Å²) in [5.41, 5.74) is 0.991. The lowest BCUT2D eigenvalue weighted by atomic mass is 10.1. The van der Waals surface area contributed by atoms with Gasteiger partial charge in [-0.25, -0.2) is 0 Å². The third-order valence-electron chi connectivity index (χ3n) is 1.86. The molecule has 1 rings (SSSR count). The van der Waals surface area contributed by atoms with Gasteiger partial charge < -0.3 is 0 Å². The van der Waals surface area contributed by atoms with Crippen molar-refractivity contribution >= 4 is 50.2 Å². The molecule has 0 bridgehead atoms. The van der Waals surface area contributed by atoms with Crippen molar-refractivity contribution in [2.24, 2.45) is 0 Å². The van der Waals surface area contributed by atoms with Crippen LogP contribution in [0, 0.1) is 0 Å². The van der Waals surface area contributed by atoms with Crippen molar-refractivity contribution in [3.63, 3.8) is 0 Å². The molecule has 5 heteroatoms. The van der Waals surface area contributed by atoms with Crippen molar-refractivity contribution in [3.8, 4) is 0 Å². The summed E-state index contributed by atoms with van der Waals surface area (Å²) >= 11 is 14.4. The fourth-order valence-electron chi connectivity index (χ4n) is 1.07. The van der Waals surface area contributed by atoms with E-state index in [2.05, 4.69) is 15.9 Å². The smallest absolute Gasteiger partial charge is 0.252 e. The quantitative estimate of drug-likeness (QED) is 0.630. The van der Waals surface area contributed by atoms with Crippen LogP contribution in [0.3, 0.4) is 0 Å². The molecule has 0 aliphatic rings. The van der Waals surface area contributed by atoms with Gasteiger partial charge in [-0.15, -0.1) is 11.6 Å². The standard InChI is InChI=1S/C10H7BrCl2O2/c1-5(14)9(12)7-3-2-6(10(13)15)4-8(7)11/h2-4,9H,1H3. The Balaban J connectivity index is 3.13. The first-order valence-corrected chi connectivity index (χ1v) is 5.68. The maximum atomic E-state index is 11.1. The first-order chi connectivity index (χ1) is 6.93. The van der Waals surface area contributed by atoms with E-state index >= 15 is 0 Å². The third-order valence-corrected chi connectivity index (χ3v) is 3.30. The number of carbonyl (C=O) groups excluding carboxylic acids is 2. The van der Waals surface area contributed by atoms with Gasteiger partial charge in [-0.1, -0.05) is 22.0 Å². The molecule has 0 aliphatic carbocycles. The molecule has 0 heterocycles. The second-order valence-corrected chi connectivity index (χ2v) is 4.62. The largest absolute Gasteiger partial charge is 0.298 e. The van der Waals surface area contributed by atoms with Crippen LogP contribution < -0.4 is 0 Å². The Bertz CT molecular complexity index is 418. The highest BCUT2D eigenvalue weighted by molar-refractivity contribution is 9.10. The van der Waals surface area contributed by atoms with Crippen molar-refractivity contribution < 1.29 is 9.59 Å². The van der Waals surface area contributed by atoms with Gasteiger partial charge in [0.25, 0.3) is 5.24 Å². The molecule has 0 saturated carbocycles. The van der Waals surface area contributed by atoms with E-state index in [1.165, 1.54) is 13.0 Å². The van der Waals surface area contributed by atoms with Crippen LogP contribution in [0.2, 0.25) is 0 Å². The minimum absolute atomic E-state index is 0.151. The molecule has 15 heavy (non-hydrogen) atoms. The van der Waals surface area contributed by atoms with E-state index in [1.54, 1.807) is 12.1 Å². The van der Waals surface area contributed by atoms with Gasteiger partial charge in [0.2, 0.25) is 0 Å². The summed E-state index contributed by atoms with van der Waals surface area (Å²) in [5, 5.41) is -1.25. The van der Waals surface area contributed by atoms with Crippen LogP contribution >= 0.6 is 39.1 Å². The molecule has 0 N–H and O–H groups in total. The lowest BCUT2D eigenvalue weighted by Gasteiger charge is -2.08. The third kappa shape index (κ3) is 3.03.